The van der Waals surface area contributed by atoms with E-state index in [0.29, 0.717) is 0 Å². The summed E-state index contributed by atoms with van der Waals surface area (Å²) in [5, 5.41) is 0. The molecule has 10 heavy (non-hydrogen) atoms. The van der Waals surface area contributed by atoms with Crippen molar-refractivity contribution in [1.82, 2.24) is 4.90 Å². The first-order valence-electron chi connectivity index (χ1n) is 3.68. The van der Waals surface area contributed by atoms with Crippen LogP contribution >= 0.6 is 0 Å². The summed E-state index contributed by atoms with van der Waals surface area (Å²) in [6, 6.07) is 0. The van der Waals surface area contributed by atoms with Crippen LogP contribution in [0.25, 0.3) is 0 Å². The molecular formula is C9H15N. The molecule has 0 spiro atoms. The summed E-state index contributed by atoms with van der Waals surface area (Å²) in [5.41, 5.74) is 4.14. The molecular weight excluding hydrogens is 122 g/mol. The van der Waals surface area contributed by atoms with Crippen LogP contribution in [0.3, 0.4) is 0 Å². The van der Waals surface area contributed by atoms with Crippen molar-refractivity contribution in [1.29, 1.82) is 0 Å². The summed E-state index contributed by atoms with van der Waals surface area (Å²) in [5.74, 6) is 0. The summed E-state index contributed by atoms with van der Waals surface area (Å²) < 4.78 is 0. The third-order valence-corrected chi connectivity index (χ3v) is 1.99. The van der Waals surface area contributed by atoms with Gasteiger partial charge in [0.25, 0.3) is 0 Å². The van der Waals surface area contributed by atoms with Crippen molar-refractivity contribution in [3.63, 3.8) is 0 Å². The number of nitrogens with zero attached hydrogens (tertiary/aromatic N) is 1. The molecule has 0 radical (unpaired) electrons. The standard InChI is InChI=1S/C9H15N/c1-7-5-6-8(2)9(7)10(3)4/h1,5-6H2,2-4H3. The van der Waals surface area contributed by atoms with Crippen LogP contribution in [0, 0.1) is 0 Å². The number of hydrogen-bond donors (Lipinski definition) is 0. The van der Waals surface area contributed by atoms with Gasteiger partial charge < -0.3 is 4.90 Å². The van der Waals surface area contributed by atoms with Crippen molar-refractivity contribution in [2.45, 2.75) is 19.8 Å². The largest absolute Gasteiger partial charge is 0.378 e. The first kappa shape index (κ1) is 7.39. The molecule has 1 rings (SSSR count). The predicted octanol–water partition coefficient (Wildman–Crippen LogP) is 2.17. The number of likely N-dealkylation sites (N-methyl/N-ethyl adjacent to an activating group) is 1. The SMILES string of the molecule is C=C1CCC(C)=C1N(C)C. The van der Waals surface area contributed by atoms with Crippen molar-refractivity contribution < 1.29 is 0 Å². The van der Waals surface area contributed by atoms with Crippen LogP contribution in [0.4, 0.5) is 0 Å². The van der Waals surface area contributed by atoms with Gasteiger partial charge in [0, 0.05) is 19.8 Å². The second-order valence-corrected chi connectivity index (χ2v) is 3.13. The Morgan fingerprint density at radius 2 is 1.90 bits per heavy atom. The Morgan fingerprint density at radius 1 is 1.30 bits per heavy atom. The van der Waals surface area contributed by atoms with Crippen molar-refractivity contribution >= 4 is 0 Å². The zero-order valence-corrected chi connectivity index (χ0v) is 7.07. The first-order chi connectivity index (χ1) is 4.63. The molecule has 0 fully saturated rings. The van der Waals surface area contributed by atoms with Gasteiger partial charge in [0.2, 0.25) is 0 Å². The molecule has 0 saturated heterocycles. The summed E-state index contributed by atoms with van der Waals surface area (Å²) in [4.78, 5) is 2.16. The van der Waals surface area contributed by atoms with Gasteiger partial charge in [-0.1, -0.05) is 6.58 Å². The van der Waals surface area contributed by atoms with Crippen molar-refractivity contribution in [3.8, 4) is 0 Å². The fourth-order valence-corrected chi connectivity index (χ4v) is 1.57. The minimum atomic E-state index is 1.15. The van der Waals surface area contributed by atoms with Crippen LogP contribution in [-0.4, -0.2) is 19.0 Å². The average Bonchev–Trinajstić information content (AvgIpc) is 2.11. The number of hydrogen-bond acceptors (Lipinski definition) is 1. The smallest absolute Gasteiger partial charge is 0.0376 e. The molecule has 1 aliphatic rings. The lowest BCUT2D eigenvalue weighted by atomic mass is 10.2. The second-order valence-electron chi connectivity index (χ2n) is 3.13. The van der Waals surface area contributed by atoms with Gasteiger partial charge in [-0.15, -0.1) is 0 Å². The van der Waals surface area contributed by atoms with Crippen LogP contribution in [-0.2, 0) is 0 Å². The van der Waals surface area contributed by atoms with E-state index >= 15 is 0 Å². The molecule has 0 aromatic heterocycles. The van der Waals surface area contributed by atoms with E-state index in [1.165, 1.54) is 23.3 Å². The topological polar surface area (TPSA) is 3.24 Å². The Labute approximate surface area is 63.0 Å². The summed E-state index contributed by atoms with van der Waals surface area (Å²) in [6.45, 7) is 6.20. The van der Waals surface area contributed by atoms with Gasteiger partial charge in [0.05, 0.1) is 0 Å². The molecule has 0 aromatic rings. The van der Waals surface area contributed by atoms with Crippen LogP contribution < -0.4 is 0 Å². The van der Waals surface area contributed by atoms with Gasteiger partial charge in [0.1, 0.15) is 0 Å². The molecule has 1 heteroatoms. The lowest BCUT2D eigenvalue weighted by Gasteiger charge is -2.16. The lowest BCUT2D eigenvalue weighted by Crippen LogP contribution is -2.11. The number of rotatable bonds is 1. The van der Waals surface area contributed by atoms with E-state index in [1.54, 1.807) is 0 Å². The van der Waals surface area contributed by atoms with Crippen molar-refractivity contribution in [3.05, 3.63) is 23.4 Å². The Bertz CT molecular complexity index is 187. The van der Waals surface area contributed by atoms with Crippen molar-refractivity contribution in [2.24, 2.45) is 0 Å². The average molecular weight is 137 g/mol. The van der Waals surface area contributed by atoms with Crippen LogP contribution in [0.5, 0.6) is 0 Å². The minimum Gasteiger partial charge on any atom is -0.378 e. The van der Waals surface area contributed by atoms with Crippen LogP contribution in [0.1, 0.15) is 19.8 Å². The highest BCUT2D eigenvalue weighted by molar-refractivity contribution is 5.36. The monoisotopic (exact) mass is 137 g/mol. The molecule has 56 valence electrons. The second kappa shape index (κ2) is 2.49. The zero-order valence-electron chi connectivity index (χ0n) is 7.07. The van der Waals surface area contributed by atoms with E-state index < -0.39 is 0 Å². The third kappa shape index (κ3) is 1.08. The third-order valence-electron chi connectivity index (χ3n) is 1.99. The van der Waals surface area contributed by atoms with E-state index in [2.05, 4.69) is 32.5 Å². The fourth-order valence-electron chi connectivity index (χ4n) is 1.57. The van der Waals surface area contributed by atoms with E-state index in [-0.39, 0.29) is 0 Å². The first-order valence-corrected chi connectivity index (χ1v) is 3.68. The Morgan fingerprint density at radius 3 is 2.10 bits per heavy atom. The molecule has 1 nitrogen and oxygen atoms in total. The lowest BCUT2D eigenvalue weighted by molar-refractivity contribution is 0.520. The minimum absolute atomic E-state index is 1.15. The Balaban J connectivity index is 2.88. The van der Waals surface area contributed by atoms with Crippen LogP contribution in [0.2, 0.25) is 0 Å². The fraction of sp³-hybridized carbons (Fsp3) is 0.556. The molecule has 0 saturated carbocycles. The normalized spacial score (nSPS) is 18.5. The molecule has 0 bridgehead atoms. The highest BCUT2D eigenvalue weighted by Crippen LogP contribution is 2.30. The molecule has 0 heterocycles. The van der Waals surface area contributed by atoms with E-state index in [4.69, 9.17) is 0 Å². The van der Waals surface area contributed by atoms with Gasteiger partial charge >= 0.3 is 0 Å². The van der Waals surface area contributed by atoms with Crippen LogP contribution in [0.15, 0.2) is 23.4 Å². The van der Waals surface area contributed by atoms with Gasteiger partial charge in [-0.25, -0.2) is 0 Å². The Kier molecular flexibility index (Phi) is 1.84. The molecule has 1 aliphatic carbocycles. The highest BCUT2D eigenvalue weighted by atomic mass is 15.1. The summed E-state index contributed by atoms with van der Waals surface area (Å²) in [6.07, 6.45) is 2.35. The molecule has 0 aromatic carbocycles. The maximum Gasteiger partial charge on any atom is 0.0376 e. The molecule has 0 atom stereocenters. The van der Waals surface area contributed by atoms with Gasteiger partial charge in [-0.05, 0) is 30.9 Å². The van der Waals surface area contributed by atoms with E-state index in [9.17, 15) is 0 Å². The molecule has 0 unspecified atom stereocenters. The maximum absolute atomic E-state index is 4.01. The van der Waals surface area contributed by atoms with E-state index in [1.807, 2.05) is 0 Å². The van der Waals surface area contributed by atoms with Gasteiger partial charge in [-0.2, -0.15) is 0 Å². The van der Waals surface area contributed by atoms with Crippen molar-refractivity contribution in [2.75, 3.05) is 14.1 Å². The van der Waals surface area contributed by atoms with Gasteiger partial charge in [0.15, 0.2) is 0 Å². The zero-order chi connectivity index (χ0) is 7.72. The maximum atomic E-state index is 4.01. The quantitative estimate of drug-likeness (QED) is 0.535. The Hall–Kier alpha value is -0.720. The summed E-state index contributed by atoms with van der Waals surface area (Å²) in [7, 11) is 4.16. The summed E-state index contributed by atoms with van der Waals surface area (Å²) >= 11 is 0. The predicted molar refractivity (Wildman–Crippen MR) is 44.8 cm³/mol. The van der Waals surface area contributed by atoms with Gasteiger partial charge in [-0.3, -0.25) is 0 Å². The highest BCUT2D eigenvalue weighted by Gasteiger charge is 2.15. The molecule has 0 aliphatic heterocycles. The molecule has 0 N–H and O–H groups in total. The molecule has 0 amide bonds. The van der Waals surface area contributed by atoms with E-state index in [0.717, 1.165) is 6.42 Å². The number of allylic oxidation sites excluding steroid dienone is 2.